The summed E-state index contributed by atoms with van der Waals surface area (Å²) in [5.41, 5.74) is -0.0526. The van der Waals surface area contributed by atoms with Crippen molar-refractivity contribution in [2.24, 2.45) is 11.8 Å². The molecule has 1 fully saturated rings. The van der Waals surface area contributed by atoms with Gasteiger partial charge in [-0.15, -0.1) is 0 Å². The Hall–Kier alpha value is -3.30. The molecule has 10 heteroatoms. The predicted octanol–water partition coefficient (Wildman–Crippen LogP) is 2.86. The smallest absolute Gasteiger partial charge is 0.407 e. The summed E-state index contributed by atoms with van der Waals surface area (Å²) >= 11 is 0. The Morgan fingerprint density at radius 1 is 1.06 bits per heavy atom. The summed E-state index contributed by atoms with van der Waals surface area (Å²) in [7, 11) is 1.25. The Morgan fingerprint density at radius 2 is 1.75 bits per heavy atom. The first-order valence-electron chi connectivity index (χ1n) is 12.3. The van der Waals surface area contributed by atoms with Crippen molar-refractivity contribution >= 4 is 23.9 Å². The van der Waals surface area contributed by atoms with Gasteiger partial charge in [-0.25, -0.2) is 9.59 Å². The number of nitrogens with one attached hydrogen (secondary N) is 2. The number of methoxy groups -OCH3 is 1. The molecule has 10 nitrogen and oxygen atoms in total. The minimum Gasteiger partial charge on any atom is -0.508 e. The van der Waals surface area contributed by atoms with E-state index in [1.165, 1.54) is 19.2 Å². The normalized spacial score (nSPS) is 22.6. The van der Waals surface area contributed by atoms with Crippen LogP contribution in [0.3, 0.4) is 0 Å². The lowest BCUT2D eigenvalue weighted by molar-refractivity contribution is -0.164. The predicted molar refractivity (Wildman–Crippen MR) is 131 cm³/mol. The number of benzene rings is 1. The van der Waals surface area contributed by atoms with Crippen LogP contribution in [0, 0.1) is 11.8 Å². The second kappa shape index (κ2) is 13.7. The van der Waals surface area contributed by atoms with Gasteiger partial charge in [-0.2, -0.15) is 0 Å². The average molecular weight is 507 g/mol. The third-order valence-electron chi connectivity index (χ3n) is 5.81. The highest BCUT2D eigenvalue weighted by Gasteiger charge is 2.38. The minimum atomic E-state index is -0.902. The van der Waals surface area contributed by atoms with Crippen LogP contribution in [-0.2, 0) is 35.0 Å². The summed E-state index contributed by atoms with van der Waals surface area (Å²) in [5, 5.41) is 15.1. The van der Waals surface area contributed by atoms with Crippen LogP contribution in [0.15, 0.2) is 24.3 Å². The van der Waals surface area contributed by atoms with E-state index in [2.05, 4.69) is 10.6 Å². The number of rotatable bonds is 4. The van der Waals surface area contributed by atoms with Crippen molar-refractivity contribution in [1.82, 2.24) is 10.6 Å². The van der Waals surface area contributed by atoms with Crippen molar-refractivity contribution in [2.45, 2.75) is 70.9 Å². The van der Waals surface area contributed by atoms with Crippen molar-refractivity contribution in [2.75, 3.05) is 20.3 Å². The molecule has 0 unspecified atom stereocenters. The maximum atomic E-state index is 13.6. The van der Waals surface area contributed by atoms with Crippen molar-refractivity contribution in [3.8, 4) is 5.75 Å². The molecule has 0 spiro atoms. The SMILES string of the molecule is COC(=O)[C@@H]1CCCCNC(=O)OCCC[C@H](C(=O)OC(C)(C)C)[C@@H](Cc2ccc(O)cc2)C(=O)N1. The van der Waals surface area contributed by atoms with Crippen LogP contribution in [0.4, 0.5) is 4.79 Å². The Morgan fingerprint density at radius 3 is 2.39 bits per heavy atom. The molecule has 0 saturated carbocycles. The molecule has 1 heterocycles. The summed E-state index contributed by atoms with van der Waals surface area (Å²) in [5.74, 6) is -3.28. The Balaban J connectivity index is 2.42. The number of amides is 2. The van der Waals surface area contributed by atoms with Gasteiger partial charge in [-0.3, -0.25) is 9.59 Å². The number of phenolic OH excluding ortho intramolecular Hbond substituents is 1. The van der Waals surface area contributed by atoms with Crippen LogP contribution in [0.25, 0.3) is 0 Å². The fraction of sp³-hybridized carbons (Fsp3) is 0.615. The van der Waals surface area contributed by atoms with Crippen molar-refractivity contribution in [1.29, 1.82) is 0 Å². The first-order valence-corrected chi connectivity index (χ1v) is 12.3. The molecule has 1 aromatic carbocycles. The molecule has 1 aliphatic heterocycles. The number of carbonyl (C=O) groups is 4. The average Bonchev–Trinajstić information content (AvgIpc) is 2.81. The summed E-state index contributed by atoms with van der Waals surface area (Å²) in [6, 6.07) is 5.46. The van der Waals surface area contributed by atoms with Gasteiger partial charge in [0.25, 0.3) is 0 Å². The molecule has 1 aliphatic rings. The number of esters is 2. The second-order valence-corrected chi connectivity index (χ2v) is 9.90. The standard InChI is InChI=1S/C26H38N2O8/c1-26(2,3)36-23(31)19-8-7-15-35-25(33)27-14-6-5-9-21(24(32)34-4)28-22(30)20(19)16-17-10-12-18(29)13-11-17/h10-13,19-21,29H,5-9,14-16H2,1-4H3,(H,27,33)(H,28,30)/t19-,20+,21-/m0/s1. The number of alkyl carbamates (subject to hydrolysis) is 1. The summed E-state index contributed by atoms with van der Waals surface area (Å²) in [6.45, 7) is 5.67. The van der Waals surface area contributed by atoms with Gasteiger partial charge in [-0.05, 0) is 77.0 Å². The van der Waals surface area contributed by atoms with E-state index in [9.17, 15) is 24.3 Å². The van der Waals surface area contributed by atoms with E-state index in [4.69, 9.17) is 14.2 Å². The van der Waals surface area contributed by atoms with Crippen LogP contribution in [0.2, 0.25) is 0 Å². The van der Waals surface area contributed by atoms with E-state index in [0.29, 0.717) is 32.2 Å². The van der Waals surface area contributed by atoms with Gasteiger partial charge >= 0.3 is 18.0 Å². The van der Waals surface area contributed by atoms with Crippen LogP contribution < -0.4 is 10.6 Å². The van der Waals surface area contributed by atoms with Gasteiger partial charge in [0.1, 0.15) is 17.4 Å². The van der Waals surface area contributed by atoms with Gasteiger partial charge < -0.3 is 30.0 Å². The van der Waals surface area contributed by atoms with E-state index in [1.807, 2.05) is 0 Å². The second-order valence-electron chi connectivity index (χ2n) is 9.90. The first kappa shape index (κ1) is 28.9. The van der Waals surface area contributed by atoms with Crippen LogP contribution in [-0.4, -0.2) is 60.9 Å². The topological polar surface area (TPSA) is 140 Å². The molecule has 36 heavy (non-hydrogen) atoms. The van der Waals surface area contributed by atoms with Crippen LogP contribution in [0.1, 0.15) is 58.4 Å². The lowest BCUT2D eigenvalue weighted by Crippen LogP contribution is -2.48. The van der Waals surface area contributed by atoms with Gasteiger partial charge in [0.05, 0.1) is 25.6 Å². The van der Waals surface area contributed by atoms with Gasteiger partial charge in [0, 0.05) is 6.54 Å². The molecule has 0 aromatic heterocycles. The maximum absolute atomic E-state index is 13.6. The number of cyclic esters (lactones) is 1. The highest BCUT2D eigenvalue weighted by atomic mass is 16.6. The number of hydrogen-bond acceptors (Lipinski definition) is 8. The third-order valence-corrected chi connectivity index (χ3v) is 5.81. The van der Waals surface area contributed by atoms with Crippen LogP contribution in [0.5, 0.6) is 5.75 Å². The molecule has 0 radical (unpaired) electrons. The number of phenols is 1. The molecule has 1 saturated heterocycles. The summed E-state index contributed by atoms with van der Waals surface area (Å²) in [6.07, 6.45) is 1.59. The molecule has 2 amide bonds. The Bertz CT molecular complexity index is 894. The van der Waals surface area contributed by atoms with E-state index in [1.54, 1.807) is 32.9 Å². The van der Waals surface area contributed by atoms with E-state index in [-0.39, 0.29) is 25.2 Å². The van der Waals surface area contributed by atoms with Gasteiger partial charge in [0.2, 0.25) is 5.91 Å². The zero-order chi connectivity index (χ0) is 26.7. The molecule has 2 rings (SSSR count). The summed E-state index contributed by atoms with van der Waals surface area (Å²) in [4.78, 5) is 51.3. The Labute approximate surface area is 212 Å². The zero-order valence-electron chi connectivity index (χ0n) is 21.5. The van der Waals surface area contributed by atoms with Crippen molar-refractivity contribution < 1.29 is 38.5 Å². The third kappa shape index (κ3) is 9.75. The molecule has 200 valence electrons. The first-order chi connectivity index (χ1) is 17.0. The Kier molecular flexibility index (Phi) is 11.0. The highest BCUT2D eigenvalue weighted by Crippen LogP contribution is 2.27. The monoisotopic (exact) mass is 506 g/mol. The molecule has 3 N–H and O–H groups in total. The van der Waals surface area contributed by atoms with E-state index < -0.39 is 47.4 Å². The van der Waals surface area contributed by atoms with E-state index >= 15 is 0 Å². The zero-order valence-corrected chi connectivity index (χ0v) is 21.5. The number of aromatic hydroxyl groups is 1. The molecule has 0 aliphatic carbocycles. The quantitative estimate of drug-likeness (QED) is 0.418. The minimum absolute atomic E-state index is 0.0729. The number of ether oxygens (including phenoxy) is 3. The van der Waals surface area contributed by atoms with Crippen molar-refractivity contribution in [3.05, 3.63) is 29.8 Å². The van der Waals surface area contributed by atoms with Gasteiger partial charge in [0.15, 0.2) is 0 Å². The maximum Gasteiger partial charge on any atom is 0.407 e. The van der Waals surface area contributed by atoms with E-state index in [0.717, 1.165) is 5.56 Å². The number of hydrogen-bond donors (Lipinski definition) is 3. The van der Waals surface area contributed by atoms with Crippen LogP contribution >= 0.6 is 0 Å². The molecular formula is C26H38N2O8. The lowest BCUT2D eigenvalue weighted by Gasteiger charge is -2.30. The largest absolute Gasteiger partial charge is 0.508 e. The highest BCUT2D eigenvalue weighted by molar-refractivity contribution is 5.89. The fourth-order valence-electron chi connectivity index (χ4n) is 4.02. The molecule has 1 aromatic rings. The number of carbonyl (C=O) groups excluding carboxylic acids is 4. The molecular weight excluding hydrogens is 468 g/mol. The fourth-order valence-corrected chi connectivity index (χ4v) is 4.02. The van der Waals surface area contributed by atoms with Gasteiger partial charge in [-0.1, -0.05) is 12.1 Å². The molecule has 0 bridgehead atoms. The summed E-state index contributed by atoms with van der Waals surface area (Å²) < 4.78 is 15.7. The van der Waals surface area contributed by atoms with Crippen molar-refractivity contribution in [3.63, 3.8) is 0 Å². The molecule has 3 atom stereocenters. The lowest BCUT2D eigenvalue weighted by atomic mass is 9.82.